The van der Waals surface area contributed by atoms with Gasteiger partial charge in [0.1, 0.15) is 6.33 Å². The van der Waals surface area contributed by atoms with Crippen molar-refractivity contribution in [3.8, 4) is 0 Å². The van der Waals surface area contributed by atoms with E-state index in [0.717, 1.165) is 43.1 Å². The average Bonchev–Trinajstić information content (AvgIpc) is 3.45. The maximum absolute atomic E-state index is 10.9. The number of rotatable bonds is 9. The van der Waals surface area contributed by atoms with Crippen LogP contribution in [0, 0.1) is 35.0 Å². The first-order valence-electron chi connectivity index (χ1n) is 14.2. The standard InChI is InChI=1S/C30H48N4O/c1-21(2)8-6-9-22(3)27-13-14-28-24(10-7-16-30(27,28)5)11-12-25-19-29(35)26(18-23(25)4)15-17-34-20-31-32-33-34/h11-12,20-22,26-29,35H,4,6-10,13-19H2,1-3,5H3/b24-11+,25-12-/t22-,26?,27-,28+,29-,30-/m1/s1. The van der Waals surface area contributed by atoms with Gasteiger partial charge in [0.15, 0.2) is 0 Å². The largest absolute Gasteiger partial charge is 0.392 e. The maximum atomic E-state index is 10.9. The molecule has 3 fully saturated rings. The molecular weight excluding hydrogens is 432 g/mol. The predicted octanol–water partition coefficient (Wildman–Crippen LogP) is 6.92. The monoisotopic (exact) mass is 480 g/mol. The quantitative estimate of drug-likeness (QED) is 0.416. The van der Waals surface area contributed by atoms with E-state index < -0.39 is 0 Å². The lowest BCUT2D eigenvalue weighted by molar-refractivity contribution is 0.0904. The Bertz CT molecular complexity index is 901. The molecule has 0 spiro atoms. The van der Waals surface area contributed by atoms with E-state index in [2.05, 4.69) is 62.0 Å². The van der Waals surface area contributed by atoms with Crippen LogP contribution in [0.2, 0.25) is 0 Å². The number of aromatic nitrogens is 4. The maximum Gasteiger partial charge on any atom is 0.138 e. The van der Waals surface area contributed by atoms with E-state index in [0.29, 0.717) is 11.8 Å². The molecule has 1 N–H and O–H groups in total. The Morgan fingerprint density at radius 3 is 2.77 bits per heavy atom. The Hall–Kier alpha value is -1.75. The summed E-state index contributed by atoms with van der Waals surface area (Å²) in [4.78, 5) is 0. The summed E-state index contributed by atoms with van der Waals surface area (Å²) in [5, 5.41) is 22.2. The number of aliphatic hydroxyl groups excluding tert-OH is 1. The highest BCUT2D eigenvalue weighted by molar-refractivity contribution is 5.37. The highest BCUT2D eigenvalue weighted by Gasteiger charge is 2.50. The molecule has 1 aromatic heterocycles. The summed E-state index contributed by atoms with van der Waals surface area (Å²) < 4.78 is 1.74. The molecule has 194 valence electrons. The number of hydrogen-bond donors (Lipinski definition) is 1. The van der Waals surface area contributed by atoms with Crippen molar-refractivity contribution in [2.75, 3.05) is 0 Å². The zero-order chi connectivity index (χ0) is 25.0. The molecule has 0 aliphatic heterocycles. The van der Waals surface area contributed by atoms with Crippen LogP contribution in [0.1, 0.15) is 98.3 Å². The van der Waals surface area contributed by atoms with Gasteiger partial charge in [-0.15, -0.1) is 5.10 Å². The first kappa shape index (κ1) is 26.3. The van der Waals surface area contributed by atoms with E-state index in [-0.39, 0.29) is 12.0 Å². The van der Waals surface area contributed by atoms with Gasteiger partial charge < -0.3 is 5.11 Å². The van der Waals surface area contributed by atoms with Crippen molar-refractivity contribution < 1.29 is 5.11 Å². The number of nitrogens with zero attached hydrogens (tertiary/aromatic N) is 4. The fraction of sp³-hybridized carbons (Fsp3) is 0.767. The van der Waals surface area contributed by atoms with Gasteiger partial charge in [-0.25, -0.2) is 4.68 Å². The summed E-state index contributed by atoms with van der Waals surface area (Å²) in [6.45, 7) is 15.0. The third-order valence-electron chi connectivity index (χ3n) is 9.72. The van der Waals surface area contributed by atoms with Crippen LogP contribution in [0.4, 0.5) is 0 Å². The average molecular weight is 481 g/mol. The van der Waals surface area contributed by atoms with Crippen LogP contribution in [-0.4, -0.2) is 31.4 Å². The molecule has 0 amide bonds. The van der Waals surface area contributed by atoms with Gasteiger partial charge in [0, 0.05) is 6.54 Å². The van der Waals surface area contributed by atoms with Gasteiger partial charge in [0.2, 0.25) is 0 Å². The molecule has 35 heavy (non-hydrogen) atoms. The fourth-order valence-electron chi connectivity index (χ4n) is 7.65. The summed E-state index contributed by atoms with van der Waals surface area (Å²) in [7, 11) is 0. The molecule has 1 heterocycles. The van der Waals surface area contributed by atoms with Gasteiger partial charge in [0.05, 0.1) is 6.10 Å². The highest BCUT2D eigenvalue weighted by Crippen LogP contribution is 2.60. The van der Waals surface area contributed by atoms with Gasteiger partial charge in [-0.1, -0.05) is 76.8 Å². The number of fused-ring (bicyclic) bond motifs is 1. The van der Waals surface area contributed by atoms with Gasteiger partial charge in [-0.2, -0.15) is 0 Å². The van der Waals surface area contributed by atoms with Crippen molar-refractivity contribution in [1.82, 2.24) is 20.2 Å². The molecule has 3 saturated carbocycles. The lowest BCUT2D eigenvalue weighted by atomic mass is 9.60. The molecule has 0 aromatic carbocycles. The number of tetrazole rings is 1. The van der Waals surface area contributed by atoms with Crippen LogP contribution in [0.5, 0.6) is 0 Å². The summed E-state index contributed by atoms with van der Waals surface area (Å²) >= 11 is 0. The number of hydrogen-bond acceptors (Lipinski definition) is 4. The van der Waals surface area contributed by atoms with Crippen LogP contribution >= 0.6 is 0 Å². The van der Waals surface area contributed by atoms with Gasteiger partial charge >= 0.3 is 0 Å². The molecular formula is C30H48N4O. The van der Waals surface area contributed by atoms with E-state index in [4.69, 9.17) is 0 Å². The summed E-state index contributed by atoms with van der Waals surface area (Å²) in [5.74, 6) is 3.47. The molecule has 6 atom stereocenters. The molecule has 4 rings (SSSR count). The second-order valence-corrected chi connectivity index (χ2v) is 12.5. The van der Waals surface area contributed by atoms with E-state index in [1.54, 1.807) is 16.6 Å². The minimum atomic E-state index is -0.319. The first-order valence-corrected chi connectivity index (χ1v) is 14.2. The Balaban J connectivity index is 1.38. The molecule has 3 aliphatic rings. The highest BCUT2D eigenvalue weighted by atomic mass is 16.3. The van der Waals surface area contributed by atoms with Gasteiger partial charge in [-0.05, 0) is 102 Å². The minimum absolute atomic E-state index is 0.224. The van der Waals surface area contributed by atoms with Crippen LogP contribution < -0.4 is 0 Å². The van der Waals surface area contributed by atoms with Crippen LogP contribution in [-0.2, 0) is 6.54 Å². The molecule has 5 nitrogen and oxygen atoms in total. The topological polar surface area (TPSA) is 63.8 Å². The summed E-state index contributed by atoms with van der Waals surface area (Å²) in [5.41, 5.74) is 4.55. The Labute approximate surface area is 213 Å². The smallest absolute Gasteiger partial charge is 0.138 e. The summed E-state index contributed by atoms with van der Waals surface area (Å²) in [6.07, 6.45) is 19.3. The number of aryl methyl sites for hydroxylation is 1. The molecule has 5 heteroatoms. The molecule has 3 aliphatic carbocycles. The van der Waals surface area contributed by atoms with Crippen LogP contribution in [0.3, 0.4) is 0 Å². The van der Waals surface area contributed by atoms with E-state index in [1.807, 2.05) is 0 Å². The number of aliphatic hydroxyl groups is 1. The fourth-order valence-corrected chi connectivity index (χ4v) is 7.65. The second-order valence-electron chi connectivity index (χ2n) is 12.5. The van der Waals surface area contributed by atoms with Gasteiger partial charge in [0.25, 0.3) is 0 Å². The SMILES string of the molecule is C=C1CC(CCn2cnnn2)[C@H](O)C/C1=C/C=C1\CCC[C@]2(C)[C@@H]([C@H](C)CCCC(C)C)CC[C@@H]12. The van der Waals surface area contributed by atoms with Crippen LogP contribution in [0.15, 0.2) is 41.8 Å². The van der Waals surface area contributed by atoms with E-state index in [9.17, 15) is 5.11 Å². The van der Waals surface area contributed by atoms with E-state index in [1.165, 1.54) is 62.5 Å². The normalized spacial score (nSPS) is 34.6. The van der Waals surface area contributed by atoms with Crippen molar-refractivity contribution in [3.63, 3.8) is 0 Å². The van der Waals surface area contributed by atoms with Crippen molar-refractivity contribution in [2.24, 2.45) is 35.0 Å². The first-order chi connectivity index (χ1) is 16.8. The van der Waals surface area contributed by atoms with Crippen LogP contribution in [0.25, 0.3) is 0 Å². The molecule has 0 radical (unpaired) electrons. The predicted molar refractivity (Wildman–Crippen MR) is 142 cm³/mol. The molecule has 1 aromatic rings. The lowest BCUT2D eigenvalue weighted by Gasteiger charge is -2.44. The van der Waals surface area contributed by atoms with Crippen molar-refractivity contribution in [1.29, 1.82) is 0 Å². The molecule has 0 bridgehead atoms. The zero-order valence-corrected chi connectivity index (χ0v) is 22.6. The Morgan fingerprint density at radius 2 is 2.03 bits per heavy atom. The third kappa shape index (κ3) is 6.15. The van der Waals surface area contributed by atoms with E-state index >= 15 is 0 Å². The summed E-state index contributed by atoms with van der Waals surface area (Å²) in [6, 6.07) is 0. The Morgan fingerprint density at radius 1 is 1.20 bits per heavy atom. The van der Waals surface area contributed by atoms with Crippen molar-refractivity contribution in [2.45, 2.75) is 111 Å². The lowest BCUT2D eigenvalue weighted by Crippen LogP contribution is -2.36. The third-order valence-corrected chi connectivity index (χ3v) is 9.72. The molecule has 1 unspecified atom stereocenters. The second kappa shape index (κ2) is 11.5. The molecule has 0 saturated heterocycles. The zero-order valence-electron chi connectivity index (χ0n) is 22.6. The van der Waals surface area contributed by atoms with Gasteiger partial charge in [-0.3, -0.25) is 0 Å². The van der Waals surface area contributed by atoms with Crippen molar-refractivity contribution in [3.05, 3.63) is 41.8 Å². The van der Waals surface area contributed by atoms with Crippen molar-refractivity contribution >= 4 is 0 Å². The Kier molecular flexibility index (Phi) is 8.67. The minimum Gasteiger partial charge on any atom is -0.392 e. The number of allylic oxidation sites excluding steroid dienone is 4.